The summed E-state index contributed by atoms with van der Waals surface area (Å²) in [7, 11) is 0. The number of unbranched alkanes of at least 4 members (excludes halogenated alkanes) is 16. The zero-order valence-electron chi connectivity index (χ0n) is 60.2. The first kappa shape index (κ1) is 84.1. The lowest BCUT2D eigenvalue weighted by Crippen LogP contribution is -2.27. The molecular formula is C82H132O12. The molecule has 0 spiro atoms. The van der Waals surface area contributed by atoms with Crippen LogP contribution in [0.3, 0.4) is 0 Å². The van der Waals surface area contributed by atoms with Gasteiger partial charge in [-0.1, -0.05) is 279 Å². The summed E-state index contributed by atoms with van der Waals surface area (Å²) in [6.45, 7) is 28.0. The normalized spacial score (nSPS) is 19.8. The highest BCUT2D eigenvalue weighted by Gasteiger charge is 2.42. The number of rotatable bonds is 42. The first-order chi connectivity index (χ1) is 45.1. The fourth-order valence-electron chi connectivity index (χ4n) is 12.3. The standard InChI is InChI=1S/C22H36O3.C22H34O3.C19H32O3.C19H30O3/c2*1-5-7-8-9-10-11-20-21(25-22(3,4)24-20)16-17-12-14-18(15-13-17)19(23)6-2;2*1-3-5-6-7-8-9-18(21)19(22)14-15-10-12-16(13-11-15)17(20)4-2/h12-15,19-21,23H,5-11,16H2,1-4H3;6,12-15,19-21,23H,2,5,7-11,16H2,1,3-4H3;10-13,17-22H,3-9,14H2,1-2H3;4,10-13,17-22H,2-3,5-9,14H2,1H3/t2*19?,20-,21-;2*17?,18-,19-/m1111/s1. The van der Waals surface area contributed by atoms with Crippen LogP contribution < -0.4 is 0 Å². The summed E-state index contributed by atoms with van der Waals surface area (Å²) in [5.41, 5.74) is 7.94. The molecule has 532 valence electrons. The summed E-state index contributed by atoms with van der Waals surface area (Å²) < 4.78 is 24.6. The lowest BCUT2D eigenvalue weighted by atomic mass is 9.97. The third kappa shape index (κ3) is 33.9. The molecule has 2 aliphatic rings. The van der Waals surface area contributed by atoms with Crippen LogP contribution in [0, 0.1) is 0 Å². The van der Waals surface area contributed by atoms with Gasteiger partial charge in [-0.15, -0.1) is 13.2 Å². The number of ether oxygens (including phenoxy) is 4. The highest BCUT2D eigenvalue weighted by Crippen LogP contribution is 2.35. The molecule has 4 unspecified atom stereocenters. The van der Waals surface area contributed by atoms with Crippen LogP contribution >= 0.6 is 0 Å². The minimum atomic E-state index is -0.735. The van der Waals surface area contributed by atoms with Crippen molar-refractivity contribution in [2.24, 2.45) is 0 Å². The Balaban J connectivity index is 0.000000328. The van der Waals surface area contributed by atoms with Crippen LogP contribution in [-0.4, -0.2) is 101 Å². The van der Waals surface area contributed by atoms with Crippen LogP contribution in [0.1, 0.15) is 305 Å². The van der Waals surface area contributed by atoms with E-state index in [2.05, 4.69) is 65.1 Å². The molecule has 0 aliphatic carbocycles. The lowest BCUT2D eigenvalue weighted by molar-refractivity contribution is -0.147. The van der Waals surface area contributed by atoms with E-state index in [9.17, 15) is 40.9 Å². The van der Waals surface area contributed by atoms with Crippen molar-refractivity contribution in [1.29, 1.82) is 0 Å². The van der Waals surface area contributed by atoms with Crippen molar-refractivity contribution in [1.82, 2.24) is 0 Å². The molecule has 0 aromatic heterocycles. The summed E-state index contributed by atoms with van der Waals surface area (Å²) in [4.78, 5) is 0. The van der Waals surface area contributed by atoms with Gasteiger partial charge in [-0.25, -0.2) is 0 Å². The van der Waals surface area contributed by atoms with Crippen LogP contribution in [0.5, 0.6) is 0 Å². The first-order valence-electron chi connectivity index (χ1n) is 36.8. The van der Waals surface area contributed by atoms with E-state index in [4.69, 9.17) is 18.9 Å². The number of hydrogen-bond acceptors (Lipinski definition) is 12. The van der Waals surface area contributed by atoms with E-state index in [-0.39, 0.29) is 30.5 Å². The van der Waals surface area contributed by atoms with Crippen molar-refractivity contribution in [3.05, 3.63) is 167 Å². The van der Waals surface area contributed by atoms with Crippen LogP contribution in [-0.2, 0) is 44.6 Å². The molecule has 94 heavy (non-hydrogen) atoms. The topological polar surface area (TPSA) is 199 Å². The number of benzene rings is 4. The summed E-state index contributed by atoms with van der Waals surface area (Å²) in [5.74, 6) is -0.991. The van der Waals surface area contributed by atoms with E-state index in [1.807, 2.05) is 114 Å². The van der Waals surface area contributed by atoms with Gasteiger partial charge in [-0.2, -0.15) is 0 Å². The lowest BCUT2D eigenvalue weighted by Gasteiger charge is -2.18. The van der Waals surface area contributed by atoms with Gasteiger partial charge >= 0.3 is 0 Å². The molecule has 0 radical (unpaired) electrons. The maximum Gasteiger partial charge on any atom is 0.163 e. The fraction of sp³-hybridized carbons (Fsp3) is 0.659. The van der Waals surface area contributed by atoms with E-state index >= 15 is 0 Å². The number of aliphatic hydroxyl groups is 8. The molecule has 4 aromatic rings. The van der Waals surface area contributed by atoms with Crippen LogP contribution in [0.25, 0.3) is 0 Å². The smallest absolute Gasteiger partial charge is 0.163 e. The van der Waals surface area contributed by atoms with Gasteiger partial charge in [0.15, 0.2) is 11.6 Å². The van der Waals surface area contributed by atoms with Crippen molar-refractivity contribution >= 4 is 0 Å². The highest BCUT2D eigenvalue weighted by molar-refractivity contribution is 5.29. The van der Waals surface area contributed by atoms with Crippen LogP contribution in [0.15, 0.2) is 122 Å². The predicted octanol–water partition coefficient (Wildman–Crippen LogP) is 18.2. The molecule has 6 rings (SSSR count). The first-order valence-corrected chi connectivity index (χ1v) is 36.8. The molecule has 2 saturated heterocycles. The van der Waals surface area contributed by atoms with Gasteiger partial charge in [-0.3, -0.25) is 0 Å². The van der Waals surface area contributed by atoms with Gasteiger partial charge < -0.3 is 59.8 Å². The van der Waals surface area contributed by atoms with Gasteiger partial charge in [0.1, 0.15) is 0 Å². The Morgan fingerprint density at radius 1 is 0.340 bits per heavy atom. The van der Waals surface area contributed by atoms with Crippen molar-refractivity contribution in [2.45, 2.75) is 347 Å². The monoisotopic (exact) mass is 1310 g/mol. The average Bonchev–Trinajstić information content (AvgIpc) is 1.70. The summed E-state index contributed by atoms with van der Waals surface area (Å²) in [5, 5.41) is 79.4. The fourth-order valence-corrected chi connectivity index (χ4v) is 12.3. The van der Waals surface area contributed by atoms with Gasteiger partial charge in [0.25, 0.3) is 0 Å². The average molecular weight is 1310 g/mol. The van der Waals surface area contributed by atoms with E-state index in [0.717, 1.165) is 91.2 Å². The SMILES string of the molecule is C=CC(O)c1ccc(C[C@@H](O)[C@H](O)CCCCCCC)cc1.C=CC(O)c1ccc(C[C@H]2OC(C)(C)O[C@@H]2CCCCCCC)cc1.CCCCCCC[C@@H](O)[C@H](O)Cc1ccc(C(O)CC)cc1.CCCCCCC[C@H]1OC(C)(C)O[C@@H]1Cc1ccc(C(O)CC)cc1. The molecule has 2 heterocycles. The van der Waals surface area contributed by atoms with Gasteiger partial charge in [0, 0.05) is 25.7 Å². The number of hydrogen-bond donors (Lipinski definition) is 8. The summed E-state index contributed by atoms with van der Waals surface area (Å²) in [6.07, 6.45) is 30.5. The highest BCUT2D eigenvalue weighted by atomic mass is 16.8. The molecule has 0 bridgehead atoms. The Morgan fingerprint density at radius 2 is 0.606 bits per heavy atom. The molecule has 8 N–H and O–H groups in total. The second kappa shape index (κ2) is 47.8. The minimum absolute atomic E-state index is 0.0938. The molecule has 12 nitrogen and oxygen atoms in total. The Labute approximate surface area is 570 Å². The Kier molecular flexibility index (Phi) is 42.7. The Bertz CT molecular complexity index is 2510. The maximum absolute atomic E-state index is 10.1. The van der Waals surface area contributed by atoms with Crippen LogP contribution in [0.4, 0.5) is 0 Å². The van der Waals surface area contributed by atoms with E-state index < -0.39 is 54.3 Å². The van der Waals surface area contributed by atoms with Gasteiger partial charge in [-0.05, 0) is 111 Å². The molecule has 4 aromatic carbocycles. The predicted molar refractivity (Wildman–Crippen MR) is 387 cm³/mol. The zero-order valence-corrected chi connectivity index (χ0v) is 60.2. The quantitative estimate of drug-likeness (QED) is 0.0155. The maximum atomic E-state index is 10.1. The molecule has 0 amide bonds. The number of aliphatic hydroxyl groups excluding tert-OH is 8. The van der Waals surface area contributed by atoms with Crippen LogP contribution in [0.2, 0.25) is 0 Å². The second-order valence-electron chi connectivity index (χ2n) is 27.5. The van der Waals surface area contributed by atoms with Crippen molar-refractivity contribution in [3.63, 3.8) is 0 Å². The van der Waals surface area contributed by atoms with E-state index in [1.165, 1.54) is 120 Å². The minimum Gasteiger partial charge on any atom is -0.390 e. The largest absolute Gasteiger partial charge is 0.390 e. The third-order valence-corrected chi connectivity index (χ3v) is 18.2. The summed E-state index contributed by atoms with van der Waals surface area (Å²) >= 11 is 0. The second-order valence-corrected chi connectivity index (χ2v) is 27.5. The van der Waals surface area contributed by atoms with Gasteiger partial charge in [0.05, 0.1) is 73.2 Å². The van der Waals surface area contributed by atoms with E-state index in [0.29, 0.717) is 32.1 Å². The Morgan fingerprint density at radius 3 is 0.894 bits per heavy atom. The molecular weight excluding hydrogens is 1180 g/mol. The Hall–Kier alpha value is -4.12. The third-order valence-electron chi connectivity index (χ3n) is 18.2. The van der Waals surface area contributed by atoms with E-state index in [1.54, 1.807) is 6.08 Å². The molecule has 2 aliphatic heterocycles. The summed E-state index contributed by atoms with van der Waals surface area (Å²) in [6, 6.07) is 31.4. The van der Waals surface area contributed by atoms with Crippen molar-refractivity contribution in [3.8, 4) is 0 Å². The molecule has 0 saturated carbocycles. The van der Waals surface area contributed by atoms with Crippen molar-refractivity contribution < 1.29 is 59.8 Å². The van der Waals surface area contributed by atoms with Gasteiger partial charge in [0.2, 0.25) is 0 Å². The molecule has 2 fully saturated rings. The molecule has 12 atom stereocenters. The molecule has 12 heteroatoms. The zero-order chi connectivity index (χ0) is 69.3. The van der Waals surface area contributed by atoms with Crippen molar-refractivity contribution in [2.75, 3.05) is 0 Å².